The van der Waals surface area contributed by atoms with Crippen LogP contribution >= 0.6 is 0 Å². The summed E-state index contributed by atoms with van der Waals surface area (Å²) in [7, 11) is -3.84. The zero-order valence-electron chi connectivity index (χ0n) is 18.6. The Bertz CT molecular complexity index is 1320. The molecular formula is C25H24FN3O4S. The van der Waals surface area contributed by atoms with Crippen molar-refractivity contribution in [3.63, 3.8) is 0 Å². The lowest BCUT2D eigenvalue weighted by molar-refractivity contribution is 0.0697. The Morgan fingerprint density at radius 2 is 1.56 bits per heavy atom. The first-order valence-electron chi connectivity index (χ1n) is 10.8. The van der Waals surface area contributed by atoms with Gasteiger partial charge in [0.2, 0.25) is 10.0 Å². The van der Waals surface area contributed by atoms with E-state index in [0.29, 0.717) is 16.8 Å². The number of rotatable bonds is 5. The van der Waals surface area contributed by atoms with E-state index in [4.69, 9.17) is 0 Å². The first-order valence-corrected chi connectivity index (χ1v) is 12.2. The number of nitrogens with zero attached hydrogens (tertiary/aromatic N) is 2. The first-order chi connectivity index (χ1) is 16.3. The quantitative estimate of drug-likeness (QED) is 0.604. The molecule has 0 atom stereocenters. The van der Waals surface area contributed by atoms with E-state index in [1.165, 1.54) is 22.5 Å². The summed E-state index contributed by atoms with van der Waals surface area (Å²) in [6, 6.07) is 18.8. The van der Waals surface area contributed by atoms with Gasteiger partial charge in [0, 0.05) is 43.0 Å². The highest BCUT2D eigenvalue weighted by atomic mass is 32.2. The molecule has 34 heavy (non-hydrogen) atoms. The van der Waals surface area contributed by atoms with Gasteiger partial charge < -0.3 is 10.2 Å². The van der Waals surface area contributed by atoms with E-state index < -0.39 is 15.8 Å². The van der Waals surface area contributed by atoms with Crippen LogP contribution in [-0.4, -0.2) is 55.6 Å². The average Bonchev–Trinajstić information content (AvgIpc) is 2.85. The number of piperazine rings is 1. The van der Waals surface area contributed by atoms with Crippen molar-refractivity contribution < 1.29 is 22.4 Å². The number of amides is 2. The van der Waals surface area contributed by atoms with Crippen LogP contribution in [0.2, 0.25) is 0 Å². The number of anilines is 1. The monoisotopic (exact) mass is 481 g/mol. The molecule has 1 saturated heterocycles. The van der Waals surface area contributed by atoms with Crippen molar-refractivity contribution in [1.82, 2.24) is 9.21 Å². The molecule has 3 aromatic carbocycles. The minimum Gasteiger partial charge on any atom is -0.336 e. The van der Waals surface area contributed by atoms with Crippen molar-refractivity contribution in [1.29, 1.82) is 0 Å². The highest BCUT2D eigenvalue weighted by Gasteiger charge is 2.30. The topological polar surface area (TPSA) is 86.8 Å². The number of nitrogens with one attached hydrogen (secondary N) is 1. The molecule has 0 bridgehead atoms. The fraction of sp³-hybridized carbons (Fsp3) is 0.200. The normalized spacial score (nSPS) is 14.6. The lowest BCUT2D eigenvalue weighted by Gasteiger charge is -2.34. The van der Waals surface area contributed by atoms with Crippen LogP contribution < -0.4 is 5.32 Å². The van der Waals surface area contributed by atoms with Gasteiger partial charge in [0.1, 0.15) is 5.82 Å². The van der Waals surface area contributed by atoms with Crippen LogP contribution in [-0.2, 0) is 10.0 Å². The number of halogens is 1. The van der Waals surface area contributed by atoms with E-state index in [-0.39, 0.29) is 42.9 Å². The number of benzene rings is 3. The lowest BCUT2D eigenvalue weighted by atomic mass is 10.1. The molecule has 2 amide bonds. The van der Waals surface area contributed by atoms with Crippen LogP contribution in [0.25, 0.3) is 0 Å². The van der Waals surface area contributed by atoms with E-state index in [9.17, 15) is 22.4 Å². The summed E-state index contributed by atoms with van der Waals surface area (Å²) in [6.45, 7) is 2.45. The molecule has 0 aromatic heterocycles. The number of hydrogen-bond donors (Lipinski definition) is 1. The second-order valence-electron chi connectivity index (χ2n) is 8.00. The van der Waals surface area contributed by atoms with Crippen molar-refractivity contribution >= 4 is 27.5 Å². The van der Waals surface area contributed by atoms with Crippen LogP contribution in [0.4, 0.5) is 10.1 Å². The highest BCUT2D eigenvalue weighted by Crippen LogP contribution is 2.22. The molecule has 7 nitrogen and oxygen atoms in total. The van der Waals surface area contributed by atoms with Crippen molar-refractivity contribution in [2.24, 2.45) is 0 Å². The number of sulfonamides is 1. The van der Waals surface area contributed by atoms with Gasteiger partial charge in [-0.3, -0.25) is 9.59 Å². The maximum absolute atomic E-state index is 13.5. The summed E-state index contributed by atoms with van der Waals surface area (Å²) in [6.07, 6.45) is 0. The number of carbonyl (C=O) groups excluding carboxylic acids is 2. The molecule has 0 unspecified atom stereocenters. The van der Waals surface area contributed by atoms with E-state index in [2.05, 4.69) is 5.32 Å². The van der Waals surface area contributed by atoms with Crippen LogP contribution in [0.1, 0.15) is 26.3 Å². The van der Waals surface area contributed by atoms with Gasteiger partial charge in [0.25, 0.3) is 11.8 Å². The maximum Gasteiger partial charge on any atom is 0.255 e. The molecule has 3 aromatic rings. The lowest BCUT2D eigenvalue weighted by Crippen LogP contribution is -2.50. The van der Waals surface area contributed by atoms with Crippen LogP contribution in [0.5, 0.6) is 0 Å². The SMILES string of the molecule is Cc1ccc(C(=O)N2CCN(S(=O)(=O)c3cccc(F)c3)CC2)cc1NC(=O)c1ccccc1. The Labute approximate surface area is 197 Å². The number of hydrogen-bond acceptors (Lipinski definition) is 4. The Balaban J connectivity index is 1.44. The molecule has 1 heterocycles. The fourth-order valence-electron chi connectivity index (χ4n) is 3.76. The molecule has 9 heteroatoms. The zero-order chi connectivity index (χ0) is 24.3. The Morgan fingerprint density at radius 1 is 0.853 bits per heavy atom. The first kappa shape index (κ1) is 23.6. The minimum absolute atomic E-state index is 0.105. The van der Waals surface area contributed by atoms with Gasteiger partial charge in [-0.1, -0.05) is 30.3 Å². The summed E-state index contributed by atoms with van der Waals surface area (Å²) in [5, 5.41) is 2.85. The average molecular weight is 482 g/mol. The van der Waals surface area contributed by atoms with E-state index >= 15 is 0 Å². The molecule has 0 aliphatic carbocycles. The molecule has 1 aliphatic rings. The molecule has 1 fully saturated rings. The predicted molar refractivity (Wildman–Crippen MR) is 127 cm³/mol. The molecule has 4 rings (SSSR count). The molecule has 1 aliphatic heterocycles. The third-order valence-corrected chi connectivity index (χ3v) is 7.62. The Kier molecular flexibility index (Phi) is 6.76. The molecule has 0 radical (unpaired) electrons. The molecule has 1 N–H and O–H groups in total. The summed E-state index contributed by atoms with van der Waals surface area (Å²) in [5.74, 6) is -1.15. The third-order valence-electron chi connectivity index (χ3n) is 5.73. The second kappa shape index (κ2) is 9.74. The zero-order valence-corrected chi connectivity index (χ0v) is 19.4. The number of aryl methyl sites for hydroxylation is 1. The van der Waals surface area contributed by atoms with Gasteiger partial charge in [-0.2, -0.15) is 4.31 Å². The summed E-state index contributed by atoms with van der Waals surface area (Å²) in [5.41, 5.74) is 2.25. The molecule has 0 spiro atoms. The van der Waals surface area contributed by atoms with E-state index in [1.54, 1.807) is 47.4 Å². The van der Waals surface area contributed by atoms with Crippen LogP contribution in [0.3, 0.4) is 0 Å². The Morgan fingerprint density at radius 3 is 2.24 bits per heavy atom. The van der Waals surface area contributed by atoms with Crippen molar-refractivity contribution in [2.75, 3.05) is 31.5 Å². The predicted octanol–water partition coefficient (Wildman–Crippen LogP) is 3.53. The van der Waals surface area contributed by atoms with Crippen molar-refractivity contribution in [2.45, 2.75) is 11.8 Å². The smallest absolute Gasteiger partial charge is 0.255 e. The third kappa shape index (κ3) is 5.00. The van der Waals surface area contributed by atoms with Gasteiger partial charge in [-0.05, 0) is 55.0 Å². The minimum atomic E-state index is -3.84. The van der Waals surface area contributed by atoms with Crippen molar-refractivity contribution in [3.05, 3.63) is 95.3 Å². The standard InChI is InChI=1S/C25H24FN3O4S/c1-18-10-11-20(16-23(18)27-24(30)19-6-3-2-4-7-19)25(31)28-12-14-29(15-13-28)34(32,33)22-9-5-8-21(26)17-22/h2-11,16-17H,12-15H2,1H3,(H,27,30). The van der Waals surface area contributed by atoms with Gasteiger partial charge in [-0.25, -0.2) is 12.8 Å². The maximum atomic E-state index is 13.5. The summed E-state index contributed by atoms with van der Waals surface area (Å²) < 4.78 is 40.4. The summed E-state index contributed by atoms with van der Waals surface area (Å²) >= 11 is 0. The van der Waals surface area contributed by atoms with Gasteiger partial charge in [0.05, 0.1) is 4.90 Å². The largest absolute Gasteiger partial charge is 0.336 e. The fourth-order valence-corrected chi connectivity index (χ4v) is 5.22. The number of carbonyl (C=O) groups is 2. The second-order valence-corrected chi connectivity index (χ2v) is 9.94. The molecular weight excluding hydrogens is 457 g/mol. The van der Waals surface area contributed by atoms with E-state index in [1.807, 2.05) is 13.0 Å². The van der Waals surface area contributed by atoms with Crippen molar-refractivity contribution in [3.8, 4) is 0 Å². The Hall–Kier alpha value is -3.56. The van der Waals surface area contributed by atoms with Gasteiger partial charge in [-0.15, -0.1) is 0 Å². The molecule has 0 saturated carbocycles. The molecule has 176 valence electrons. The van der Waals surface area contributed by atoms with Crippen LogP contribution in [0, 0.1) is 12.7 Å². The van der Waals surface area contributed by atoms with Crippen LogP contribution in [0.15, 0.2) is 77.7 Å². The highest BCUT2D eigenvalue weighted by molar-refractivity contribution is 7.89. The van der Waals surface area contributed by atoms with Gasteiger partial charge >= 0.3 is 0 Å². The summed E-state index contributed by atoms with van der Waals surface area (Å²) in [4.78, 5) is 27.1. The van der Waals surface area contributed by atoms with Gasteiger partial charge in [0.15, 0.2) is 0 Å². The van der Waals surface area contributed by atoms with E-state index in [0.717, 1.165) is 11.6 Å².